The quantitative estimate of drug-likeness (QED) is 0.483. The van der Waals surface area contributed by atoms with Crippen LogP contribution in [0.4, 0.5) is 0 Å². The molecule has 0 spiro atoms. The molecule has 0 N–H and O–H groups in total. The molecular weight excluding hydrogens is 290 g/mol. The van der Waals surface area contributed by atoms with Crippen molar-refractivity contribution in [2.75, 3.05) is 7.11 Å². The summed E-state index contributed by atoms with van der Waals surface area (Å²) in [5.74, 6) is 0.606. The van der Waals surface area contributed by atoms with Crippen molar-refractivity contribution in [2.24, 2.45) is 5.16 Å². The van der Waals surface area contributed by atoms with Crippen LogP contribution in [0.1, 0.15) is 19.4 Å². The zero-order chi connectivity index (χ0) is 15.3. The zero-order valence-corrected chi connectivity index (χ0v) is 13.0. The number of benzene rings is 1. The maximum Gasteiger partial charge on any atom is 0.185 e. The third kappa shape index (κ3) is 3.83. The fourth-order valence-corrected chi connectivity index (χ4v) is 1.91. The molecule has 0 saturated heterocycles. The van der Waals surface area contributed by atoms with Gasteiger partial charge in [-0.25, -0.2) is 4.98 Å². The number of hydrogen-bond donors (Lipinski definition) is 0. The second kappa shape index (κ2) is 6.74. The van der Waals surface area contributed by atoms with Crippen LogP contribution in [0.5, 0.6) is 0 Å². The van der Waals surface area contributed by atoms with Gasteiger partial charge in [-0.1, -0.05) is 35.0 Å². The van der Waals surface area contributed by atoms with E-state index in [1.165, 1.54) is 0 Å². The van der Waals surface area contributed by atoms with Crippen LogP contribution in [0.3, 0.4) is 0 Å². The minimum Gasteiger partial charge on any atom is -0.389 e. The van der Waals surface area contributed by atoms with Crippen molar-refractivity contribution in [1.82, 2.24) is 9.55 Å². The van der Waals surface area contributed by atoms with Crippen molar-refractivity contribution in [3.05, 3.63) is 53.6 Å². The Hall–Kier alpha value is -1.85. The fourth-order valence-electron chi connectivity index (χ4n) is 1.72. The molecule has 0 unspecified atom stereocenters. The first-order chi connectivity index (χ1) is 10.0. The van der Waals surface area contributed by atoms with E-state index >= 15 is 0 Å². The molecule has 2 aromatic rings. The lowest BCUT2D eigenvalue weighted by atomic mass is 10.1. The highest BCUT2D eigenvalue weighted by Crippen LogP contribution is 2.17. The highest BCUT2D eigenvalue weighted by atomic mass is 35.5. The fraction of sp³-hybridized carbons (Fsp3) is 0.333. The largest absolute Gasteiger partial charge is 0.389 e. The van der Waals surface area contributed by atoms with Crippen molar-refractivity contribution in [1.29, 1.82) is 0 Å². The van der Waals surface area contributed by atoms with Gasteiger partial charge in [0.2, 0.25) is 0 Å². The lowest BCUT2D eigenvalue weighted by Gasteiger charge is -2.24. The summed E-state index contributed by atoms with van der Waals surface area (Å²) in [6.07, 6.45) is 5.12. The highest BCUT2D eigenvalue weighted by Gasteiger charge is 2.27. The third-order valence-electron chi connectivity index (χ3n) is 3.13. The van der Waals surface area contributed by atoms with Crippen LogP contribution in [0.15, 0.2) is 48.1 Å². The van der Waals surface area contributed by atoms with E-state index in [2.05, 4.69) is 10.1 Å². The van der Waals surface area contributed by atoms with Gasteiger partial charge in [0.15, 0.2) is 5.84 Å². The molecule has 0 atom stereocenters. The van der Waals surface area contributed by atoms with Gasteiger partial charge in [0.1, 0.15) is 18.5 Å². The van der Waals surface area contributed by atoms with E-state index in [0.29, 0.717) is 10.9 Å². The molecule has 0 bridgehead atoms. The van der Waals surface area contributed by atoms with E-state index in [1.54, 1.807) is 30.4 Å². The van der Waals surface area contributed by atoms with Gasteiger partial charge in [-0.15, -0.1) is 0 Å². The van der Waals surface area contributed by atoms with E-state index in [4.69, 9.17) is 21.2 Å². The molecule has 112 valence electrons. The van der Waals surface area contributed by atoms with Gasteiger partial charge in [-0.3, -0.25) is 4.57 Å². The minimum atomic E-state index is -0.610. The molecule has 6 heteroatoms. The maximum absolute atomic E-state index is 6.09. The number of ether oxygens (including phenoxy) is 1. The van der Waals surface area contributed by atoms with Gasteiger partial charge in [0.05, 0.1) is 0 Å². The Bertz CT molecular complexity index is 609. The summed E-state index contributed by atoms with van der Waals surface area (Å²) in [5.41, 5.74) is 0.268. The smallest absolute Gasteiger partial charge is 0.185 e. The standard InChI is InChI=1S/C15H18ClN3O2/c1-15(2,20-3)14(19-9-8-17-11-19)18-21-10-12-6-4-5-7-13(12)16/h4-9,11H,10H2,1-3H3. The van der Waals surface area contributed by atoms with Crippen LogP contribution in [-0.4, -0.2) is 28.1 Å². The van der Waals surface area contributed by atoms with Crippen molar-refractivity contribution in [3.63, 3.8) is 0 Å². The Morgan fingerprint density at radius 2 is 2.14 bits per heavy atom. The molecule has 2 rings (SSSR count). The average Bonchev–Trinajstić information content (AvgIpc) is 2.99. The number of nitrogens with zero attached hydrogens (tertiary/aromatic N) is 3. The minimum absolute atomic E-state index is 0.289. The van der Waals surface area contributed by atoms with Crippen molar-refractivity contribution in [3.8, 4) is 0 Å². The SMILES string of the molecule is COC(C)(C)C(=NOCc1ccccc1Cl)n1ccnc1. The topological polar surface area (TPSA) is 48.6 Å². The Morgan fingerprint density at radius 3 is 2.76 bits per heavy atom. The van der Waals surface area contributed by atoms with E-state index in [9.17, 15) is 0 Å². The Morgan fingerprint density at radius 1 is 1.38 bits per heavy atom. The highest BCUT2D eigenvalue weighted by molar-refractivity contribution is 6.31. The predicted octanol–water partition coefficient (Wildman–Crippen LogP) is 3.34. The number of hydrogen-bond acceptors (Lipinski definition) is 4. The summed E-state index contributed by atoms with van der Waals surface area (Å²) in [6, 6.07) is 7.50. The first kappa shape index (κ1) is 15.5. The molecule has 1 aromatic carbocycles. The summed E-state index contributed by atoms with van der Waals surface area (Å²) >= 11 is 6.09. The molecule has 0 saturated carbocycles. The summed E-state index contributed by atoms with van der Waals surface area (Å²) in [4.78, 5) is 9.47. The maximum atomic E-state index is 6.09. The van der Waals surface area contributed by atoms with Gasteiger partial charge in [0.25, 0.3) is 0 Å². The number of aromatic nitrogens is 2. The summed E-state index contributed by atoms with van der Waals surface area (Å²) in [5, 5.41) is 4.86. The zero-order valence-electron chi connectivity index (χ0n) is 12.3. The molecule has 0 radical (unpaired) electrons. The molecule has 0 fully saturated rings. The lowest BCUT2D eigenvalue weighted by Crippen LogP contribution is -2.38. The van der Waals surface area contributed by atoms with Crippen LogP contribution in [0, 0.1) is 0 Å². The molecule has 0 aliphatic heterocycles. The lowest BCUT2D eigenvalue weighted by molar-refractivity contribution is 0.0674. The Balaban J connectivity index is 2.17. The van der Waals surface area contributed by atoms with Crippen LogP contribution in [0.2, 0.25) is 5.02 Å². The second-order valence-corrected chi connectivity index (χ2v) is 5.37. The van der Waals surface area contributed by atoms with Gasteiger partial charge in [-0.05, 0) is 19.9 Å². The number of methoxy groups -OCH3 is 1. The van der Waals surface area contributed by atoms with Gasteiger partial charge in [-0.2, -0.15) is 0 Å². The molecule has 5 nitrogen and oxygen atoms in total. The monoisotopic (exact) mass is 307 g/mol. The van der Waals surface area contributed by atoms with Gasteiger partial charge < -0.3 is 9.57 Å². The van der Waals surface area contributed by atoms with E-state index < -0.39 is 5.60 Å². The van der Waals surface area contributed by atoms with Crippen LogP contribution in [0.25, 0.3) is 0 Å². The van der Waals surface area contributed by atoms with E-state index in [-0.39, 0.29) is 6.61 Å². The second-order valence-electron chi connectivity index (χ2n) is 4.96. The molecule has 21 heavy (non-hydrogen) atoms. The van der Waals surface area contributed by atoms with Crippen molar-refractivity contribution < 1.29 is 9.57 Å². The summed E-state index contributed by atoms with van der Waals surface area (Å²) < 4.78 is 7.22. The van der Waals surface area contributed by atoms with Gasteiger partial charge >= 0.3 is 0 Å². The van der Waals surface area contributed by atoms with Crippen LogP contribution < -0.4 is 0 Å². The number of oxime groups is 1. The average molecular weight is 308 g/mol. The molecule has 1 heterocycles. The van der Waals surface area contributed by atoms with Crippen molar-refractivity contribution >= 4 is 17.4 Å². The van der Waals surface area contributed by atoms with E-state index in [1.807, 2.05) is 38.1 Å². The third-order valence-corrected chi connectivity index (χ3v) is 3.50. The Kier molecular flexibility index (Phi) is 4.98. The molecular formula is C15H18ClN3O2. The van der Waals surface area contributed by atoms with Crippen LogP contribution in [-0.2, 0) is 16.2 Å². The molecule has 0 aliphatic carbocycles. The normalized spacial score (nSPS) is 12.5. The molecule has 0 amide bonds. The summed E-state index contributed by atoms with van der Waals surface area (Å²) in [6.45, 7) is 4.10. The molecule has 0 aliphatic rings. The van der Waals surface area contributed by atoms with Crippen LogP contribution >= 0.6 is 11.6 Å². The van der Waals surface area contributed by atoms with Gasteiger partial charge in [0, 0.05) is 30.1 Å². The molecule has 1 aromatic heterocycles. The first-order valence-electron chi connectivity index (χ1n) is 6.52. The predicted molar refractivity (Wildman–Crippen MR) is 82.4 cm³/mol. The number of imidazole rings is 1. The van der Waals surface area contributed by atoms with E-state index in [0.717, 1.165) is 5.56 Å². The summed E-state index contributed by atoms with van der Waals surface area (Å²) in [7, 11) is 1.63. The first-order valence-corrected chi connectivity index (χ1v) is 6.89. The Labute approximate surface area is 129 Å². The number of rotatable bonds is 5. The van der Waals surface area contributed by atoms with Crippen molar-refractivity contribution in [2.45, 2.75) is 26.1 Å². The number of halogens is 1.